The number of hydrogen-bond acceptors (Lipinski definition) is 2. The van der Waals surface area contributed by atoms with Gasteiger partial charge >= 0.3 is 0 Å². The van der Waals surface area contributed by atoms with E-state index in [4.69, 9.17) is 4.74 Å². The first kappa shape index (κ1) is 14.0. The summed E-state index contributed by atoms with van der Waals surface area (Å²) in [5.41, 5.74) is 1.01. The summed E-state index contributed by atoms with van der Waals surface area (Å²) in [5, 5.41) is 2.76. The molecule has 0 radical (unpaired) electrons. The van der Waals surface area contributed by atoms with Crippen molar-refractivity contribution in [3.63, 3.8) is 0 Å². The molecule has 0 aliphatic rings. The number of amides is 1. The lowest BCUT2D eigenvalue weighted by Gasteiger charge is -2.12. The summed E-state index contributed by atoms with van der Waals surface area (Å²) >= 11 is 9.42. The summed E-state index contributed by atoms with van der Waals surface area (Å²) in [6.45, 7) is 0.466. The van der Waals surface area contributed by atoms with E-state index in [1.165, 1.54) is 0 Å². The minimum absolute atomic E-state index is 0.191. The van der Waals surface area contributed by atoms with E-state index in [1.807, 2.05) is 24.3 Å². The Morgan fingerprint density at radius 1 is 1.31 bits per heavy atom. The third kappa shape index (κ3) is 4.43. The van der Waals surface area contributed by atoms with Crippen molar-refractivity contribution in [3.8, 4) is 5.75 Å². The number of rotatable bonds is 3. The van der Waals surface area contributed by atoms with Crippen molar-refractivity contribution in [1.82, 2.24) is 5.32 Å². The van der Waals surface area contributed by atoms with Crippen molar-refractivity contribution in [2.45, 2.75) is 8.69 Å². The molecule has 0 aliphatic carbocycles. The highest BCUT2D eigenvalue weighted by molar-refractivity contribution is 9.40. The fourth-order valence-corrected chi connectivity index (χ4v) is 1.45. The molecular weight excluding hydrogens is 406 g/mol. The van der Waals surface area contributed by atoms with Crippen molar-refractivity contribution in [3.05, 3.63) is 29.8 Å². The maximum Gasteiger partial charge on any atom is 0.259 e. The molecule has 3 nitrogen and oxygen atoms in total. The van der Waals surface area contributed by atoms with Gasteiger partial charge < -0.3 is 10.1 Å². The first-order chi connectivity index (χ1) is 7.43. The van der Waals surface area contributed by atoms with Gasteiger partial charge in [0.1, 0.15) is 5.75 Å². The van der Waals surface area contributed by atoms with Crippen LogP contribution in [0.15, 0.2) is 24.3 Å². The Bertz CT molecular complexity index is 359. The highest BCUT2D eigenvalue weighted by Crippen LogP contribution is 2.33. The highest BCUT2D eigenvalue weighted by Gasteiger charge is 2.27. The third-order valence-corrected chi connectivity index (χ3v) is 2.95. The number of alkyl halides is 3. The molecule has 88 valence electrons. The molecule has 1 amide bonds. The number of nitrogens with one attached hydrogen (secondary N) is 1. The Balaban J connectivity index is 2.52. The number of carbonyl (C=O) groups excluding carboxylic acids is 1. The lowest BCUT2D eigenvalue weighted by atomic mass is 10.2. The fraction of sp³-hybridized carbons (Fsp3) is 0.300. The zero-order valence-electron chi connectivity index (χ0n) is 8.47. The average molecular weight is 416 g/mol. The maximum absolute atomic E-state index is 11.5. The zero-order chi connectivity index (χ0) is 12.2. The molecule has 16 heavy (non-hydrogen) atoms. The summed E-state index contributed by atoms with van der Waals surface area (Å²) in [7, 11) is 1.62. The molecule has 0 bridgehead atoms. The van der Waals surface area contributed by atoms with E-state index in [-0.39, 0.29) is 5.91 Å². The first-order valence-corrected chi connectivity index (χ1v) is 6.79. The Kier molecular flexibility index (Phi) is 5.27. The number of methoxy groups -OCH3 is 1. The second-order valence-corrected chi connectivity index (χ2v) is 9.79. The molecular formula is C10H10Br3NO2. The van der Waals surface area contributed by atoms with Crippen LogP contribution in [0.4, 0.5) is 0 Å². The highest BCUT2D eigenvalue weighted by atomic mass is 80.0. The van der Waals surface area contributed by atoms with Crippen LogP contribution in [0.1, 0.15) is 5.56 Å². The predicted molar refractivity (Wildman–Crippen MR) is 74.4 cm³/mol. The lowest BCUT2D eigenvalue weighted by Crippen LogP contribution is -2.32. The van der Waals surface area contributed by atoms with E-state index in [9.17, 15) is 4.79 Å². The number of benzene rings is 1. The first-order valence-electron chi connectivity index (χ1n) is 4.41. The number of carbonyl (C=O) groups is 1. The standard InChI is InChI=1S/C10H10Br3NO2/c1-16-8-4-2-7(3-5-8)6-14-9(15)10(11,12)13/h2-5H,6H2,1H3,(H,14,15). The molecule has 0 atom stereocenters. The van der Waals surface area contributed by atoms with Crippen molar-refractivity contribution in [1.29, 1.82) is 0 Å². The van der Waals surface area contributed by atoms with Gasteiger partial charge in [-0.05, 0) is 65.5 Å². The normalized spacial score (nSPS) is 11.0. The smallest absolute Gasteiger partial charge is 0.259 e. The molecule has 1 rings (SSSR count). The van der Waals surface area contributed by atoms with Gasteiger partial charge in [0.15, 0.2) is 0 Å². The quantitative estimate of drug-likeness (QED) is 0.770. The summed E-state index contributed by atoms with van der Waals surface area (Å²) in [5.74, 6) is 0.606. The van der Waals surface area contributed by atoms with Crippen molar-refractivity contribution in [2.24, 2.45) is 0 Å². The van der Waals surface area contributed by atoms with E-state index in [1.54, 1.807) is 7.11 Å². The molecule has 0 aromatic heterocycles. The second kappa shape index (κ2) is 6.02. The molecule has 1 aromatic rings. The van der Waals surface area contributed by atoms with Crippen LogP contribution in [0.2, 0.25) is 0 Å². The zero-order valence-corrected chi connectivity index (χ0v) is 13.2. The summed E-state index contributed by atoms with van der Waals surface area (Å²) in [6.07, 6.45) is 0. The van der Waals surface area contributed by atoms with Gasteiger partial charge in [-0.2, -0.15) is 0 Å². The molecule has 1 N–H and O–H groups in total. The van der Waals surface area contributed by atoms with Crippen molar-refractivity contribution < 1.29 is 9.53 Å². The molecule has 0 fully saturated rings. The van der Waals surface area contributed by atoms with E-state index in [0.717, 1.165) is 11.3 Å². The SMILES string of the molecule is COc1ccc(CNC(=O)C(Br)(Br)Br)cc1. The van der Waals surface area contributed by atoms with Crippen molar-refractivity contribution in [2.75, 3.05) is 7.11 Å². The van der Waals surface area contributed by atoms with Crippen LogP contribution in [-0.4, -0.2) is 15.2 Å². The number of halogens is 3. The molecule has 0 unspecified atom stereocenters. The Labute approximate surface area is 119 Å². The van der Waals surface area contributed by atoms with E-state index >= 15 is 0 Å². The summed E-state index contributed by atoms with van der Waals surface area (Å²) < 4.78 is 4.14. The fourth-order valence-electron chi connectivity index (χ4n) is 1.03. The largest absolute Gasteiger partial charge is 0.497 e. The van der Waals surface area contributed by atoms with Crippen LogP contribution in [0.5, 0.6) is 5.75 Å². The molecule has 0 aliphatic heterocycles. The van der Waals surface area contributed by atoms with Crippen LogP contribution in [-0.2, 0) is 11.3 Å². The van der Waals surface area contributed by atoms with Crippen LogP contribution < -0.4 is 10.1 Å². The lowest BCUT2D eigenvalue weighted by molar-refractivity contribution is -0.119. The molecule has 0 heterocycles. The van der Waals surface area contributed by atoms with Crippen LogP contribution in [0.25, 0.3) is 0 Å². The van der Waals surface area contributed by atoms with Gasteiger partial charge in [-0.1, -0.05) is 12.1 Å². The van der Waals surface area contributed by atoms with E-state index in [0.29, 0.717) is 6.54 Å². The Morgan fingerprint density at radius 2 is 1.88 bits per heavy atom. The third-order valence-electron chi connectivity index (χ3n) is 1.87. The molecule has 1 aromatic carbocycles. The monoisotopic (exact) mass is 413 g/mol. The number of ether oxygens (including phenoxy) is 1. The van der Waals surface area contributed by atoms with Crippen LogP contribution in [0.3, 0.4) is 0 Å². The molecule has 6 heteroatoms. The minimum Gasteiger partial charge on any atom is -0.497 e. The second-order valence-electron chi connectivity index (χ2n) is 3.03. The van der Waals surface area contributed by atoms with Gasteiger partial charge in [0.25, 0.3) is 5.91 Å². The Morgan fingerprint density at radius 3 is 2.31 bits per heavy atom. The van der Waals surface area contributed by atoms with Gasteiger partial charge in [-0.15, -0.1) is 0 Å². The predicted octanol–water partition coefficient (Wildman–Crippen LogP) is 3.15. The van der Waals surface area contributed by atoms with Gasteiger partial charge in [0.05, 0.1) is 7.11 Å². The summed E-state index contributed by atoms with van der Waals surface area (Å²) in [4.78, 5) is 11.5. The van der Waals surface area contributed by atoms with Crippen LogP contribution in [0, 0.1) is 0 Å². The van der Waals surface area contributed by atoms with Gasteiger partial charge in [-0.25, -0.2) is 0 Å². The van der Waals surface area contributed by atoms with Crippen LogP contribution >= 0.6 is 47.8 Å². The topological polar surface area (TPSA) is 38.3 Å². The minimum atomic E-state index is -0.903. The van der Waals surface area contributed by atoms with Gasteiger partial charge in [0.2, 0.25) is 2.14 Å². The van der Waals surface area contributed by atoms with E-state index in [2.05, 4.69) is 53.1 Å². The summed E-state index contributed by atoms with van der Waals surface area (Å²) in [6, 6.07) is 7.51. The van der Waals surface area contributed by atoms with E-state index < -0.39 is 2.14 Å². The maximum atomic E-state index is 11.5. The average Bonchev–Trinajstić information content (AvgIpc) is 2.25. The Hall–Kier alpha value is -0.0700. The molecule has 0 saturated carbocycles. The number of hydrogen-bond donors (Lipinski definition) is 1. The van der Waals surface area contributed by atoms with Crippen molar-refractivity contribution >= 4 is 53.7 Å². The van der Waals surface area contributed by atoms with Gasteiger partial charge in [0, 0.05) is 6.54 Å². The van der Waals surface area contributed by atoms with Gasteiger partial charge in [-0.3, -0.25) is 4.79 Å². The molecule has 0 spiro atoms. The molecule has 0 saturated heterocycles.